The van der Waals surface area contributed by atoms with Gasteiger partial charge in [0.2, 0.25) is 0 Å². The molecule has 11 heteroatoms. The lowest BCUT2D eigenvalue weighted by Gasteiger charge is -2.07. The number of hydrogen-bond acceptors (Lipinski definition) is 5. The van der Waals surface area contributed by atoms with Crippen LogP contribution in [0.4, 0.5) is 13.2 Å². The molecule has 0 unspecified atom stereocenters. The molecule has 0 saturated heterocycles. The molecular weight excluding hydrogens is 357 g/mol. The Morgan fingerprint density at radius 2 is 1.85 bits per heavy atom. The van der Waals surface area contributed by atoms with Crippen molar-refractivity contribution in [2.45, 2.75) is 19.1 Å². The zero-order valence-corrected chi connectivity index (χ0v) is 13.1. The first kappa shape index (κ1) is 17.7. The Morgan fingerprint density at radius 3 is 2.46 bits per heavy atom. The van der Waals surface area contributed by atoms with Crippen LogP contribution in [0.1, 0.15) is 12.0 Å². The number of rotatable bonds is 5. The van der Waals surface area contributed by atoms with Crippen molar-refractivity contribution < 1.29 is 23.0 Å². The summed E-state index contributed by atoms with van der Waals surface area (Å²) in [7, 11) is 0. The smallest absolute Gasteiger partial charge is 0.416 e. The third-order valence-corrected chi connectivity index (χ3v) is 3.55. The number of nitrogens with zero attached hydrogens (tertiary/aromatic N) is 2. The minimum atomic E-state index is -4.46. The normalized spacial score (nSPS) is 11.8. The van der Waals surface area contributed by atoms with Gasteiger partial charge in [-0.25, -0.2) is 4.79 Å². The SMILES string of the molecule is O=c1[nH]c2nc(Oc3ccc(C(F)(F)F)cc3)[nH]c2c(=O)n1CCCO. The van der Waals surface area contributed by atoms with Crippen molar-refractivity contribution in [3.8, 4) is 11.8 Å². The molecule has 0 radical (unpaired) electrons. The predicted molar refractivity (Wildman–Crippen MR) is 84.2 cm³/mol. The van der Waals surface area contributed by atoms with Crippen molar-refractivity contribution in [2.24, 2.45) is 0 Å². The Labute approximate surface area is 142 Å². The first-order chi connectivity index (χ1) is 12.3. The molecule has 0 aliphatic carbocycles. The zero-order valence-electron chi connectivity index (χ0n) is 13.1. The van der Waals surface area contributed by atoms with Gasteiger partial charge in [0.15, 0.2) is 11.2 Å². The van der Waals surface area contributed by atoms with Crippen LogP contribution >= 0.6 is 0 Å². The van der Waals surface area contributed by atoms with Crippen LogP contribution in [0.5, 0.6) is 11.8 Å². The van der Waals surface area contributed by atoms with Gasteiger partial charge >= 0.3 is 17.9 Å². The van der Waals surface area contributed by atoms with Crippen LogP contribution in [0.15, 0.2) is 33.9 Å². The molecule has 0 fully saturated rings. The van der Waals surface area contributed by atoms with Gasteiger partial charge in [0.1, 0.15) is 5.75 Å². The molecule has 2 heterocycles. The summed E-state index contributed by atoms with van der Waals surface area (Å²) >= 11 is 0. The Morgan fingerprint density at radius 1 is 1.15 bits per heavy atom. The highest BCUT2D eigenvalue weighted by Crippen LogP contribution is 2.31. The Hall–Kier alpha value is -3.08. The van der Waals surface area contributed by atoms with Gasteiger partial charge in [0, 0.05) is 13.2 Å². The quantitative estimate of drug-likeness (QED) is 0.632. The third kappa shape index (κ3) is 3.47. The lowest BCUT2D eigenvalue weighted by Crippen LogP contribution is -2.35. The maximum absolute atomic E-state index is 12.5. The minimum absolute atomic E-state index is 0.0225. The highest BCUT2D eigenvalue weighted by Gasteiger charge is 2.30. The lowest BCUT2D eigenvalue weighted by molar-refractivity contribution is -0.137. The fraction of sp³-hybridized carbons (Fsp3) is 0.267. The van der Waals surface area contributed by atoms with Crippen molar-refractivity contribution in [3.05, 3.63) is 50.7 Å². The van der Waals surface area contributed by atoms with Crippen LogP contribution in [0, 0.1) is 0 Å². The summed E-state index contributed by atoms with van der Waals surface area (Å²) in [6, 6.07) is 3.76. The molecule has 0 aliphatic rings. The van der Waals surface area contributed by atoms with E-state index in [9.17, 15) is 22.8 Å². The molecular formula is C15H13F3N4O4. The molecule has 3 rings (SSSR count). The van der Waals surface area contributed by atoms with E-state index in [1.165, 1.54) is 0 Å². The maximum atomic E-state index is 12.5. The van der Waals surface area contributed by atoms with E-state index in [2.05, 4.69) is 15.0 Å². The fourth-order valence-corrected chi connectivity index (χ4v) is 2.30. The van der Waals surface area contributed by atoms with Crippen molar-refractivity contribution in [1.29, 1.82) is 0 Å². The molecule has 0 bridgehead atoms. The lowest BCUT2D eigenvalue weighted by atomic mass is 10.2. The number of ether oxygens (including phenoxy) is 1. The van der Waals surface area contributed by atoms with E-state index in [1.807, 2.05) is 0 Å². The van der Waals surface area contributed by atoms with Crippen LogP contribution in [-0.4, -0.2) is 31.2 Å². The largest absolute Gasteiger partial charge is 0.426 e. The van der Waals surface area contributed by atoms with Crippen LogP contribution in [0.3, 0.4) is 0 Å². The van der Waals surface area contributed by atoms with Gasteiger partial charge in [-0.05, 0) is 30.7 Å². The second-order valence-electron chi connectivity index (χ2n) is 5.35. The van der Waals surface area contributed by atoms with Gasteiger partial charge in [-0.15, -0.1) is 0 Å². The van der Waals surface area contributed by atoms with Gasteiger partial charge in [-0.1, -0.05) is 0 Å². The number of aliphatic hydroxyl groups excluding tert-OH is 1. The van der Waals surface area contributed by atoms with Gasteiger partial charge in [0.05, 0.1) is 5.56 Å². The summed E-state index contributed by atoms with van der Waals surface area (Å²) in [5, 5.41) is 8.82. The topological polar surface area (TPSA) is 113 Å². The molecule has 3 aromatic rings. The number of nitrogens with one attached hydrogen (secondary N) is 2. The number of benzene rings is 1. The average molecular weight is 370 g/mol. The Balaban J connectivity index is 1.91. The summed E-state index contributed by atoms with van der Waals surface area (Å²) in [6.07, 6.45) is -4.24. The summed E-state index contributed by atoms with van der Waals surface area (Å²) in [5.74, 6) is 0.0695. The Kier molecular flexibility index (Phi) is 4.55. The maximum Gasteiger partial charge on any atom is 0.416 e. The van der Waals surface area contributed by atoms with Gasteiger partial charge in [0.25, 0.3) is 5.56 Å². The van der Waals surface area contributed by atoms with Gasteiger partial charge in [-0.2, -0.15) is 18.2 Å². The number of aliphatic hydroxyl groups is 1. The minimum Gasteiger partial charge on any atom is -0.426 e. The van der Waals surface area contributed by atoms with Crippen molar-refractivity contribution >= 4 is 11.2 Å². The molecule has 0 saturated carbocycles. The fourth-order valence-electron chi connectivity index (χ4n) is 2.30. The van der Waals surface area contributed by atoms with Gasteiger partial charge < -0.3 is 14.8 Å². The highest BCUT2D eigenvalue weighted by molar-refractivity contribution is 5.69. The molecule has 0 spiro atoms. The molecule has 0 atom stereocenters. The van der Waals surface area contributed by atoms with E-state index in [1.54, 1.807) is 0 Å². The number of aromatic nitrogens is 4. The van der Waals surface area contributed by atoms with Crippen LogP contribution in [0.25, 0.3) is 11.2 Å². The molecule has 138 valence electrons. The van der Waals surface area contributed by atoms with E-state index >= 15 is 0 Å². The van der Waals surface area contributed by atoms with Crippen LogP contribution in [0.2, 0.25) is 0 Å². The highest BCUT2D eigenvalue weighted by atomic mass is 19.4. The molecule has 1 aromatic carbocycles. The summed E-state index contributed by atoms with van der Waals surface area (Å²) < 4.78 is 43.9. The number of alkyl halides is 3. The number of H-pyrrole nitrogens is 2. The summed E-state index contributed by atoms with van der Waals surface area (Å²) in [6.45, 7) is -0.163. The number of imidazole rings is 1. The van der Waals surface area contributed by atoms with E-state index in [4.69, 9.17) is 9.84 Å². The van der Waals surface area contributed by atoms with E-state index < -0.39 is 23.0 Å². The summed E-state index contributed by atoms with van der Waals surface area (Å²) in [5.41, 5.74) is -2.23. The Bertz CT molecular complexity index is 1030. The van der Waals surface area contributed by atoms with Crippen LogP contribution in [-0.2, 0) is 12.7 Å². The predicted octanol–water partition coefficient (Wildman–Crippen LogP) is 1.61. The first-order valence-corrected chi connectivity index (χ1v) is 7.48. The van der Waals surface area contributed by atoms with E-state index in [0.29, 0.717) is 0 Å². The van der Waals surface area contributed by atoms with Crippen LogP contribution < -0.4 is 16.0 Å². The third-order valence-electron chi connectivity index (χ3n) is 3.55. The van der Waals surface area contributed by atoms with Crippen molar-refractivity contribution in [1.82, 2.24) is 19.5 Å². The zero-order chi connectivity index (χ0) is 18.9. The number of hydrogen-bond donors (Lipinski definition) is 3. The second-order valence-corrected chi connectivity index (χ2v) is 5.35. The first-order valence-electron chi connectivity index (χ1n) is 7.48. The molecule has 0 aliphatic heterocycles. The summed E-state index contributed by atoms with van der Waals surface area (Å²) in [4.78, 5) is 33.1. The molecule has 0 amide bonds. The number of fused-ring (bicyclic) bond motifs is 1. The average Bonchev–Trinajstić information content (AvgIpc) is 2.97. The molecule has 2 aromatic heterocycles. The molecule has 3 N–H and O–H groups in total. The number of halogens is 3. The van der Waals surface area contributed by atoms with Gasteiger partial charge in [-0.3, -0.25) is 14.3 Å². The van der Waals surface area contributed by atoms with Crippen molar-refractivity contribution in [3.63, 3.8) is 0 Å². The van der Waals surface area contributed by atoms with E-state index in [-0.39, 0.29) is 42.5 Å². The van der Waals surface area contributed by atoms with E-state index in [0.717, 1.165) is 28.8 Å². The second kappa shape index (κ2) is 6.67. The monoisotopic (exact) mass is 370 g/mol. The standard InChI is InChI=1S/C15H13F3N4O4/c16-15(17,18)8-2-4-9(5-3-8)26-13-19-10-11(20-13)21-14(25)22(12(10)24)6-1-7-23/h2-5,23H,1,6-7H2,(H,19,20)(H,21,25). The molecule has 8 nitrogen and oxygen atoms in total. The molecule has 26 heavy (non-hydrogen) atoms. The van der Waals surface area contributed by atoms with Crippen molar-refractivity contribution in [2.75, 3.05) is 6.61 Å². The number of aromatic amines is 2.